The fourth-order valence-corrected chi connectivity index (χ4v) is 4.57. The highest BCUT2D eigenvalue weighted by molar-refractivity contribution is 9.10. The Labute approximate surface area is 173 Å². The molecule has 1 aromatic heterocycles. The molecule has 0 spiro atoms. The van der Waals surface area contributed by atoms with Crippen LogP contribution in [0.15, 0.2) is 56.7 Å². The minimum atomic E-state index is -0.108. The SMILES string of the molecule is O=C(Cc1csc(SCc2ccc(Br)cc2)n1)Nc1ccc2c(c1)OCO2. The second kappa shape index (κ2) is 8.33. The summed E-state index contributed by atoms with van der Waals surface area (Å²) >= 11 is 6.68. The lowest BCUT2D eigenvalue weighted by Crippen LogP contribution is -2.14. The van der Waals surface area contributed by atoms with Crippen LogP contribution in [0, 0.1) is 0 Å². The van der Waals surface area contributed by atoms with Crippen molar-refractivity contribution >= 4 is 50.6 Å². The monoisotopic (exact) mass is 462 g/mol. The van der Waals surface area contributed by atoms with Crippen LogP contribution < -0.4 is 14.8 Å². The standard InChI is InChI=1S/C19H15BrN2O3S2/c20-13-3-1-12(2-4-13)9-26-19-22-15(10-27-19)8-18(23)21-14-5-6-16-17(7-14)25-11-24-16/h1-7,10H,8-9,11H2,(H,21,23). The number of halogens is 1. The average Bonchev–Trinajstić information content (AvgIpc) is 3.30. The zero-order valence-electron chi connectivity index (χ0n) is 14.1. The van der Waals surface area contributed by atoms with E-state index in [9.17, 15) is 4.79 Å². The number of hydrogen-bond acceptors (Lipinski definition) is 6. The number of carbonyl (C=O) groups is 1. The van der Waals surface area contributed by atoms with Crippen LogP contribution in [0.5, 0.6) is 11.5 Å². The second-order valence-electron chi connectivity index (χ2n) is 5.81. The van der Waals surface area contributed by atoms with Crippen LogP contribution in [0.2, 0.25) is 0 Å². The summed E-state index contributed by atoms with van der Waals surface area (Å²) in [5, 5.41) is 4.81. The summed E-state index contributed by atoms with van der Waals surface area (Å²) in [7, 11) is 0. The molecule has 1 aliphatic rings. The first-order chi connectivity index (χ1) is 13.2. The zero-order valence-corrected chi connectivity index (χ0v) is 17.3. The van der Waals surface area contributed by atoms with Gasteiger partial charge >= 0.3 is 0 Å². The smallest absolute Gasteiger partial charge is 0.231 e. The molecule has 2 aromatic carbocycles. The molecule has 0 atom stereocenters. The van der Waals surface area contributed by atoms with Crippen LogP contribution in [0.3, 0.4) is 0 Å². The summed E-state index contributed by atoms with van der Waals surface area (Å²) in [6, 6.07) is 13.6. The van der Waals surface area contributed by atoms with Gasteiger partial charge in [-0.2, -0.15) is 0 Å². The van der Waals surface area contributed by atoms with Crippen LogP contribution in [0.25, 0.3) is 0 Å². The Kier molecular flexibility index (Phi) is 5.66. The number of rotatable bonds is 6. The molecule has 0 aliphatic carbocycles. The number of amides is 1. The Morgan fingerprint density at radius 3 is 2.85 bits per heavy atom. The number of benzene rings is 2. The van der Waals surface area contributed by atoms with E-state index in [0.29, 0.717) is 17.2 Å². The number of nitrogens with one attached hydrogen (secondary N) is 1. The Hall–Kier alpha value is -2.03. The van der Waals surface area contributed by atoms with Gasteiger partial charge in [0.15, 0.2) is 11.5 Å². The van der Waals surface area contributed by atoms with Gasteiger partial charge in [-0.1, -0.05) is 39.8 Å². The average molecular weight is 463 g/mol. The fraction of sp³-hybridized carbons (Fsp3) is 0.158. The predicted molar refractivity (Wildman–Crippen MR) is 111 cm³/mol. The van der Waals surface area contributed by atoms with E-state index in [4.69, 9.17) is 9.47 Å². The lowest BCUT2D eigenvalue weighted by Gasteiger charge is -2.05. The van der Waals surface area contributed by atoms with E-state index in [1.807, 2.05) is 17.5 Å². The summed E-state index contributed by atoms with van der Waals surface area (Å²) in [6.45, 7) is 0.215. The highest BCUT2D eigenvalue weighted by Gasteiger charge is 2.15. The van der Waals surface area contributed by atoms with E-state index in [-0.39, 0.29) is 19.1 Å². The molecule has 0 unspecified atom stereocenters. The van der Waals surface area contributed by atoms with Gasteiger partial charge in [0, 0.05) is 27.4 Å². The maximum absolute atomic E-state index is 12.3. The molecule has 0 fully saturated rings. The molecule has 3 aromatic rings. The minimum Gasteiger partial charge on any atom is -0.454 e. The quantitative estimate of drug-likeness (QED) is 0.515. The second-order valence-corrected chi connectivity index (χ2v) is 8.81. The molecule has 1 N–H and O–H groups in total. The molecule has 0 saturated heterocycles. The third-order valence-electron chi connectivity index (χ3n) is 3.80. The number of hydrogen-bond donors (Lipinski definition) is 1. The van der Waals surface area contributed by atoms with Gasteiger partial charge in [0.1, 0.15) is 4.34 Å². The van der Waals surface area contributed by atoms with E-state index in [2.05, 4.69) is 38.4 Å². The normalized spacial score (nSPS) is 12.2. The molecule has 4 rings (SSSR count). The lowest BCUT2D eigenvalue weighted by molar-refractivity contribution is -0.115. The van der Waals surface area contributed by atoms with Crippen molar-refractivity contribution in [2.24, 2.45) is 0 Å². The molecule has 2 heterocycles. The zero-order chi connectivity index (χ0) is 18.6. The number of ether oxygens (including phenoxy) is 2. The van der Waals surface area contributed by atoms with Gasteiger partial charge in [-0.3, -0.25) is 4.79 Å². The molecule has 5 nitrogen and oxygen atoms in total. The third-order valence-corrected chi connectivity index (χ3v) is 6.47. The lowest BCUT2D eigenvalue weighted by atomic mass is 10.2. The Morgan fingerprint density at radius 2 is 2.00 bits per heavy atom. The van der Waals surface area contributed by atoms with Crippen LogP contribution in [-0.4, -0.2) is 17.7 Å². The molecule has 0 saturated carbocycles. The van der Waals surface area contributed by atoms with Crippen molar-refractivity contribution in [3.05, 3.63) is 63.6 Å². The number of thiazole rings is 1. The van der Waals surface area contributed by atoms with Gasteiger partial charge in [0.2, 0.25) is 12.7 Å². The van der Waals surface area contributed by atoms with Crippen molar-refractivity contribution in [2.45, 2.75) is 16.5 Å². The number of fused-ring (bicyclic) bond motifs is 1. The molecule has 27 heavy (non-hydrogen) atoms. The molecule has 1 amide bonds. The summed E-state index contributed by atoms with van der Waals surface area (Å²) in [4.78, 5) is 16.8. The first-order valence-corrected chi connectivity index (χ1v) is 10.8. The van der Waals surface area contributed by atoms with Crippen LogP contribution in [-0.2, 0) is 17.0 Å². The number of nitrogens with zero attached hydrogens (tertiary/aromatic N) is 1. The predicted octanol–water partition coefficient (Wildman–Crippen LogP) is 5.11. The van der Waals surface area contributed by atoms with Crippen molar-refractivity contribution in [2.75, 3.05) is 12.1 Å². The third kappa shape index (κ3) is 4.82. The van der Waals surface area contributed by atoms with Gasteiger partial charge in [-0.05, 0) is 29.8 Å². The molecular formula is C19H15BrN2O3S2. The van der Waals surface area contributed by atoms with Gasteiger partial charge < -0.3 is 14.8 Å². The van der Waals surface area contributed by atoms with E-state index in [0.717, 1.165) is 20.3 Å². The molecular weight excluding hydrogens is 448 g/mol. The summed E-state index contributed by atoms with van der Waals surface area (Å²) in [5.74, 6) is 2.08. The van der Waals surface area contributed by atoms with Gasteiger partial charge in [0.05, 0.1) is 12.1 Å². The van der Waals surface area contributed by atoms with Crippen molar-refractivity contribution < 1.29 is 14.3 Å². The highest BCUT2D eigenvalue weighted by Crippen LogP contribution is 2.34. The maximum Gasteiger partial charge on any atom is 0.231 e. The molecule has 1 aliphatic heterocycles. The number of thioether (sulfide) groups is 1. The maximum atomic E-state index is 12.3. The number of carbonyl (C=O) groups excluding carboxylic acids is 1. The van der Waals surface area contributed by atoms with Crippen molar-refractivity contribution in [1.29, 1.82) is 0 Å². The number of aromatic nitrogens is 1. The first kappa shape index (κ1) is 18.3. The molecule has 0 bridgehead atoms. The Balaban J connectivity index is 1.30. The Bertz CT molecular complexity index is 960. The van der Waals surface area contributed by atoms with Crippen molar-refractivity contribution in [1.82, 2.24) is 4.98 Å². The Morgan fingerprint density at radius 1 is 1.19 bits per heavy atom. The molecule has 8 heteroatoms. The number of anilines is 1. The van der Waals surface area contributed by atoms with Crippen molar-refractivity contribution in [3.8, 4) is 11.5 Å². The topological polar surface area (TPSA) is 60.5 Å². The van der Waals surface area contributed by atoms with E-state index < -0.39 is 0 Å². The van der Waals surface area contributed by atoms with Crippen LogP contribution >= 0.6 is 39.0 Å². The van der Waals surface area contributed by atoms with E-state index >= 15 is 0 Å². The van der Waals surface area contributed by atoms with E-state index in [1.165, 1.54) is 5.56 Å². The fourth-order valence-electron chi connectivity index (χ4n) is 2.51. The van der Waals surface area contributed by atoms with Gasteiger partial charge in [0.25, 0.3) is 0 Å². The van der Waals surface area contributed by atoms with Gasteiger partial charge in [-0.25, -0.2) is 4.98 Å². The minimum absolute atomic E-state index is 0.108. The summed E-state index contributed by atoms with van der Waals surface area (Å²) in [5.41, 5.74) is 2.70. The summed E-state index contributed by atoms with van der Waals surface area (Å²) in [6.07, 6.45) is 0.240. The molecule has 138 valence electrons. The van der Waals surface area contributed by atoms with Crippen LogP contribution in [0.4, 0.5) is 5.69 Å². The molecule has 0 radical (unpaired) electrons. The van der Waals surface area contributed by atoms with Gasteiger partial charge in [-0.15, -0.1) is 11.3 Å². The first-order valence-electron chi connectivity index (χ1n) is 8.17. The largest absolute Gasteiger partial charge is 0.454 e. The van der Waals surface area contributed by atoms with E-state index in [1.54, 1.807) is 41.3 Å². The highest BCUT2D eigenvalue weighted by atomic mass is 79.9. The van der Waals surface area contributed by atoms with Crippen LogP contribution in [0.1, 0.15) is 11.3 Å². The van der Waals surface area contributed by atoms with Crippen molar-refractivity contribution in [3.63, 3.8) is 0 Å². The summed E-state index contributed by atoms with van der Waals surface area (Å²) < 4.78 is 12.6.